The maximum atomic E-state index is 12.8. The summed E-state index contributed by atoms with van der Waals surface area (Å²) in [6, 6.07) is 0. The van der Waals surface area contributed by atoms with Gasteiger partial charge < -0.3 is 9.39 Å². The quantitative estimate of drug-likeness (QED) is 0.266. The minimum atomic E-state index is -2.90. The Hall–Kier alpha value is -1.40. The van der Waals surface area contributed by atoms with E-state index >= 15 is 0 Å². The van der Waals surface area contributed by atoms with E-state index in [0.717, 1.165) is 38.5 Å². The number of hydrogen-bond donors (Lipinski definition) is 0. The molecule has 7 heteroatoms. The SMILES string of the molecule is CC(=O)O[C@H]1CC[C@H]2[C@@H]3CC[C@H]4CC(=O)C(=C(C)OB(F)F)C[C@]4(C)[C@H]3CC[C@]12C. The summed E-state index contributed by atoms with van der Waals surface area (Å²) in [5.74, 6) is 1.70. The first kappa shape index (κ1) is 21.8. The molecule has 0 saturated heterocycles. The molecule has 0 aromatic heterocycles. The zero-order valence-electron chi connectivity index (χ0n) is 18.5. The standard InChI is InChI=1S/C23H33BF2O4/c1-13(30-24(25)26)17-12-23(4)15(11-20(17)28)5-6-16-18-7-8-21(29-14(2)27)22(18,3)10-9-19(16)23/h15-16,18-19,21H,5-12H2,1-4H3/t15-,16-,18-,19-,21-,22-,23-/m0/s1. The average Bonchev–Trinajstić information content (AvgIpc) is 2.97. The highest BCUT2D eigenvalue weighted by molar-refractivity contribution is 6.34. The number of carbonyl (C=O) groups excluding carboxylic acids is 2. The Balaban J connectivity index is 1.61. The zero-order chi connectivity index (χ0) is 21.8. The van der Waals surface area contributed by atoms with Gasteiger partial charge in [-0.1, -0.05) is 13.8 Å². The number of rotatable bonds is 3. The Morgan fingerprint density at radius 3 is 2.40 bits per heavy atom. The van der Waals surface area contributed by atoms with Crippen LogP contribution in [0.1, 0.15) is 79.1 Å². The molecule has 4 saturated carbocycles. The topological polar surface area (TPSA) is 52.6 Å². The van der Waals surface area contributed by atoms with Crippen molar-refractivity contribution in [2.75, 3.05) is 0 Å². The third-order valence-electron chi connectivity index (χ3n) is 9.30. The molecule has 0 unspecified atom stereocenters. The predicted octanol–water partition coefficient (Wildman–Crippen LogP) is 5.35. The highest BCUT2D eigenvalue weighted by atomic mass is 19.2. The molecule has 0 aromatic rings. The minimum absolute atomic E-state index is 0.00319. The summed E-state index contributed by atoms with van der Waals surface area (Å²) in [7, 11) is -2.90. The van der Waals surface area contributed by atoms with Gasteiger partial charge in [0, 0.05) is 24.3 Å². The van der Waals surface area contributed by atoms with Crippen LogP contribution >= 0.6 is 0 Å². The Kier molecular flexibility index (Phi) is 5.55. The molecule has 0 spiro atoms. The van der Waals surface area contributed by atoms with E-state index in [1.54, 1.807) is 0 Å². The van der Waals surface area contributed by atoms with Gasteiger partial charge in [0.1, 0.15) is 6.10 Å². The van der Waals surface area contributed by atoms with Gasteiger partial charge in [0.2, 0.25) is 0 Å². The Labute approximate surface area is 178 Å². The van der Waals surface area contributed by atoms with Gasteiger partial charge in [0.05, 0.1) is 5.76 Å². The van der Waals surface area contributed by atoms with E-state index < -0.39 is 7.47 Å². The molecule has 0 radical (unpaired) electrons. The Morgan fingerprint density at radius 1 is 1.03 bits per heavy atom. The second kappa shape index (κ2) is 7.63. The van der Waals surface area contributed by atoms with Crippen molar-refractivity contribution in [3.8, 4) is 0 Å². The maximum absolute atomic E-state index is 12.8. The van der Waals surface area contributed by atoms with Crippen LogP contribution in [0, 0.1) is 34.5 Å². The smallest absolute Gasteiger partial charge is 0.509 e. The largest absolute Gasteiger partial charge is 0.796 e. The molecule has 0 N–H and O–H groups in total. The van der Waals surface area contributed by atoms with Gasteiger partial charge in [-0.25, -0.2) is 8.63 Å². The molecule has 0 amide bonds. The van der Waals surface area contributed by atoms with E-state index in [-0.39, 0.29) is 34.4 Å². The molecule has 4 fully saturated rings. The van der Waals surface area contributed by atoms with Crippen LogP contribution < -0.4 is 0 Å². The average molecular weight is 422 g/mol. The molecule has 4 rings (SSSR count). The summed E-state index contributed by atoms with van der Waals surface area (Å²) in [5.41, 5.74) is 0.417. The highest BCUT2D eigenvalue weighted by Gasteiger charge is 2.61. The molecular weight excluding hydrogens is 389 g/mol. The maximum Gasteiger partial charge on any atom is 0.796 e. The normalized spacial score (nSPS) is 44.5. The van der Waals surface area contributed by atoms with Crippen molar-refractivity contribution in [1.29, 1.82) is 0 Å². The lowest BCUT2D eigenvalue weighted by atomic mass is 9.45. The van der Waals surface area contributed by atoms with Crippen LogP contribution in [0.2, 0.25) is 0 Å². The number of hydrogen-bond acceptors (Lipinski definition) is 4. The number of carbonyl (C=O) groups is 2. The van der Waals surface area contributed by atoms with E-state index in [2.05, 4.69) is 18.5 Å². The van der Waals surface area contributed by atoms with Crippen molar-refractivity contribution in [2.45, 2.75) is 85.2 Å². The van der Waals surface area contributed by atoms with E-state index in [9.17, 15) is 18.2 Å². The zero-order valence-corrected chi connectivity index (χ0v) is 18.5. The lowest BCUT2D eigenvalue weighted by molar-refractivity contribution is -0.160. The Bertz CT molecular complexity index is 768. The number of fused-ring (bicyclic) bond motifs is 5. The molecule has 4 aliphatic carbocycles. The molecular formula is C23H33BF2O4. The molecule has 0 heterocycles. The Morgan fingerprint density at radius 2 is 1.73 bits per heavy atom. The molecule has 7 atom stereocenters. The highest BCUT2D eigenvalue weighted by Crippen LogP contribution is 2.66. The molecule has 0 aliphatic heterocycles. The fraction of sp³-hybridized carbons (Fsp3) is 0.826. The van der Waals surface area contributed by atoms with Crippen molar-refractivity contribution in [3.63, 3.8) is 0 Å². The number of ether oxygens (including phenoxy) is 1. The van der Waals surface area contributed by atoms with Crippen molar-refractivity contribution in [3.05, 3.63) is 11.3 Å². The fourth-order valence-corrected chi connectivity index (χ4v) is 7.84. The first-order valence-corrected chi connectivity index (χ1v) is 11.4. The lowest BCUT2D eigenvalue weighted by Gasteiger charge is -2.60. The molecule has 0 bridgehead atoms. The molecule has 30 heavy (non-hydrogen) atoms. The van der Waals surface area contributed by atoms with Crippen LogP contribution in [0.5, 0.6) is 0 Å². The summed E-state index contributed by atoms with van der Waals surface area (Å²) >= 11 is 0. The van der Waals surface area contributed by atoms with Crippen molar-refractivity contribution >= 4 is 19.2 Å². The van der Waals surface area contributed by atoms with Gasteiger partial charge in [-0.05, 0) is 81.0 Å². The second-order valence-electron chi connectivity index (χ2n) is 10.6. The van der Waals surface area contributed by atoms with Gasteiger partial charge in [0.25, 0.3) is 0 Å². The van der Waals surface area contributed by atoms with Crippen LogP contribution in [0.4, 0.5) is 8.63 Å². The van der Waals surface area contributed by atoms with Crippen molar-refractivity contribution in [1.82, 2.24) is 0 Å². The second-order valence-corrected chi connectivity index (χ2v) is 10.6. The van der Waals surface area contributed by atoms with E-state index in [1.165, 1.54) is 13.8 Å². The molecule has 0 aromatic carbocycles. The fourth-order valence-electron chi connectivity index (χ4n) is 7.84. The first-order valence-electron chi connectivity index (χ1n) is 11.4. The van der Waals surface area contributed by atoms with Crippen LogP contribution in [-0.4, -0.2) is 25.3 Å². The summed E-state index contributed by atoms with van der Waals surface area (Å²) in [4.78, 5) is 24.3. The molecule has 4 aliphatic rings. The summed E-state index contributed by atoms with van der Waals surface area (Å²) in [6.45, 7) is 7.56. The summed E-state index contributed by atoms with van der Waals surface area (Å²) in [5, 5.41) is 0. The summed E-state index contributed by atoms with van der Waals surface area (Å²) in [6.07, 6.45) is 7.14. The number of esters is 1. The van der Waals surface area contributed by atoms with E-state index in [0.29, 0.717) is 42.1 Å². The van der Waals surface area contributed by atoms with Gasteiger partial charge in [-0.3, -0.25) is 9.59 Å². The van der Waals surface area contributed by atoms with Crippen molar-refractivity contribution < 1.29 is 27.6 Å². The number of halogens is 2. The monoisotopic (exact) mass is 422 g/mol. The first-order chi connectivity index (χ1) is 14.1. The minimum Gasteiger partial charge on any atom is -0.509 e. The third-order valence-corrected chi connectivity index (χ3v) is 9.30. The van der Waals surface area contributed by atoms with E-state index in [4.69, 9.17) is 4.74 Å². The molecule has 166 valence electrons. The van der Waals surface area contributed by atoms with Crippen molar-refractivity contribution in [2.24, 2.45) is 34.5 Å². The number of ketones is 1. The van der Waals surface area contributed by atoms with Gasteiger partial charge in [0.15, 0.2) is 5.78 Å². The van der Waals surface area contributed by atoms with Gasteiger partial charge in [-0.15, -0.1) is 0 Å². The number of allylic oxidation sites excluding steroid dienone is 2. The lowest BCUT2D eigenvalue weighted by Crippen LogP contribution is -2.54. The third kappa shape index (κ3) is 3.40. The van der Waals surface area contributed by atoms with Gasteiger partial charge in [-0.2, -0.15) is 0 Å². The van der Waals surface area contributed by atoms with Crippen LogP contribution in [0.15, 0.2) is 11.3 Å². The predicted molar refractivity (Wildman–Crippen MR) is 109 cm³/mol. The van der Waals surface area contributed by atoms with Crippen LogP contribution in [0.3, 0.4) is 0 Å². The number of Topliss-reactive ketones (excluding diaryl/α,β-unsaturated/α-hetero) is 1. The van der Waals surface area contributed by atoms with E-state index in [1.807, 2.05) is 0 Å². The van der Waals surface area contributed by atoms with Gasteiger partial charge >= 0.3 is 13.4 Å². The van der Waals surface area contributed by atoms with Crippen LogP contribution in [-0.2, 0) is 19.0 Å². The molecule has 4 nitrogen and oxygen atoms in total. The summed E-state index contributed by atoms with van der Waals surface area (Å²) < 4.78 is 35.9. The van der Waals surface area contributed by atoms with Crippen LogP contribution in [0.25, 0.3) is 0 Å².